The molecule has 17 heavy (non-hydrogen) atoms. The lowest BCUT2D eigenvalue weighted by Crippen LogP contribution is -2.27. The van der Waals surface area contributed by atoms with Crippen molar-refractivity contribution in [3.63, 3.8) is 0 Å². The lowest BCUT2D eigenvalue weighted by atomic mass is 10.3. The third-order valence-electron chi connectivity index (χ3n) is 1.66. The van der Waals surface area contributed by atoms with E-state index >= 15 is 0 Å². The molecular formula is C12H23N3O2. The Morgan fingerprint density at radius 3 is 2.18 bits per heavy atom. The van der Waals surface area contributed by atoms with Gasteiger partial charge in [0.15, 0.2) is 0 Å². The van der Waals surface area contributed by atoms with Crippen molar-refractivity contribution in [2.75, 3.05) is 27.2 Å². The molecule has 98 valence electrons. The normalized spacial score (nSPS) is 8.94. The number of hydrogen-bond acceptors (Lipinski definition) is 3. The maximum Gasteiger partial charge on any atom is 0.246 e. The number of primary amides is 1. The molecule has 0 bridgehead atoms. The Morgan fingerprint density at radius 1 is 1.41 bits per heavy atom. The van der Waals surface area contributed by atoms with E-state index < -0.39 is 5.91 Å². The van der Waals surface area contributed by atoms with Gasteiger partial charge in [0.2, 0.25) is 11.8 Å². The van der Waals surface area contributed by atoms with Gasteiger partial charge in [0.25, 0.3) is 0 Å². The summed E-state index contributed by atoms with van der Waals surface area (Å²) >= 11 is 0. The molecule has 0 unspecified atom stereocenters. The van der Waals surface area contributed by atoms with Gasteiger partial charge in [-0.15, -0.1) is 0 Å². The van der Waals surface area contributed by atoms with Crippen LogP contribution in [0.4, 0.5) is 0 Å². The highest BCUT2D eigenvalue weighted by atomic mass is 16.1. The Kier molecular flexibility index (Phi) is 11.4. The van der Waals surface area contributed by atoms with Crippen molar-refractivity contribution in [1.82, 2.24) is 10.2 Å². The summed E-state index contributed by atoms with van der Waals surface area (Å²) in [6, 6.07) is 0. The van der Waals surface area contributed by atoms with E-state index in [1.165, 1.54) is 0 Å². The zero-order valence-corrected chi connectivity index (χ0v) is 11.0. The van der Waals surface area contributed by atoms with Gasteiger partial charge < -0.3 is 16.0 Å². The van der Waals surface area contributed by atoms with Crippen LogP contribution in [0.15, 0.2) is 24.8 Å². The minimum absolute atomic E-state index is 0.0474. The fourth-order valence-electron chi connectivity index (χ4n) is 0.748. The molecule has 5 nitrogen and oxygen atoms in total. The minimum Gasteiger partial charge on any atom is -0.366 e. The summed E-state index contributed by atoms with van der Waals surface area (Å²) in [5.41, 5.74) is 5.10. The molecule has 0 aromatic rings. The second kappa shape index (κ2) is 10.9. The molecule has 2 amide bonds. The van der Waals surface area contributed by atoms with Crippen LogP contribution in [0.3, 0.4) is 0 Å². The monoisotopic (exact) mass is 241 g/mol. The summed E-state index contributed by atoms with van der Waals surface area (Å²) in [7, 11) is 4.03. The first-order valence-corrected chi connectivity index (χ1v) is 5.31. The summed E-state index contributed by atoms with van der Waals surface area (Å²) < 4.78 is 0. The topological polar surface area (TPSA) is 75.4 Å². The first-order chi connectivity index (χ1) is 7.81. The first kappa shape index (κ1) is 17.8. The van der Waals surface area contributed by atoms with Crippen molar-refractivity contribution < 1.29 is 9.59 Å². The van der Waals surface area contributed by atoms with E-state index in [2.05, 4.69) is 29.1 Å². The van der Waals surface area contributed by atoms with Gasteiger partial charge in [-0.25, -0.2) is 0 Å². The predicted octanol–water partition coefficient (Wildman–Crippen LogP) is 0.288. The Labute approximate surface area is 103 Å². The van der Waals surface area contributed by atoms with Crippen LogP contribution < -0.4 is 11.1 Å². The van der Waals surface area contributed by atoms with E-state index in [4.69, 9.17) is 0 Å². The van der Waals surface area contributed by atoms with E-state index in [1.54, 1.807) is 6.92 Å². The molecule has 0 aliphatic heterocycles. The fraction of sp³-hybridized carbons (Fsp3) is 0.500. The summed E-state index contributed by atoms with van der Waals surface area (Å²) in [5.74, 6) is -0.529. The first-order valence-electron chi connectivity index (χ1n) is 5.31. The second-order valence-electron chi connectivity index (χ2n) is 3.80. The highest BCUT2D eigenvalue weighted by molar-refractivity contribution is 5.92. The van der Waals surface area contributed by atoms with Gasteiger partial charge in [0.1, 0.15) is 0 Å². The second-order valence-corrected chi connectivity index (χ2v) is 3.80. The van der Waals surface area contributed by atoms with Crippen LogP contribution >= 0.6 is 0 Å². The van der Waals surface area contributed by atoms with E-state index in [0.29, 0.717) is 5.57 Å². The lowest BCUT2D eigenvalue weighted by molar-refractivity contribution is -0.117. The SMILES string of the molecule is C=C(C)C(=O)NCCCN(C)C.C=CC(N)=O. The molecule has 0 saturated heterocycles. The molecule has 0 aromatic heterocycles. The number of carbonyl (C=O) groups excluding carboxylic acids is 2. The molecule has 5 heteroatoms. The number of amides is 2. The molecule has 0 rings (SSSR count). The van der Waals surface area contributed by atoms with Crippen molar-refractivity contribution in [1.29, 1.82) is 0 Å². The summed E-state index contributed by atoms with van der Waals surface area (Å²) in [6.07, 6.45) is 2.03. The summed E-state index contributed by atoms with van der Waals surface area (Å²) in [4.78, 5) is 22.5. The van der Waals surface area contributed by atoms with Gasteiger partial charge in [-0.2, -0.15) is 0 Å². The van der Waals surface area contributed by atoms with E-state index in [0.717, 1.165) is 25.6 Å². The van der Waals surface area contributed by atoms with Crippen LogP contribution in [-0.4, -0.2) is 43.9 Å². The Morgan fingerprint density at radius 2 is 1.88 bits per heavy atom. The van der Waals surface area contributed by atoms with Crippen molar-refractivity contribution >= 4 is 11.8 Å². The smallest absolute Gasteiger partial charge is 0.246 e. The molecule has 0 aliphatic rings. The molecule has 0 aromatic carbocycles. The van der Waals surface area contributed by atoms with Crippen LogP contribution in [0.1, 0.15) is 13.3 Å². The van der Waals surface area contributed by atoms with Crippen molar-refractivity contribution in [3.8, 4) is 0 Å². The van der Waals surface area contributed by atoms with Gasteiger partial charge in [-0.05, 0) is 40.1 Å². The van der Waals surface area contributed by atoms with Crippen LogP contribution in [0.5, 0.6) is 0 Å². The summed E-state index contributed by atoms with van der Waals surface area (Å²) in [6.45, 7) is 10.1. The highest BCUT2D eigenvalue weighted by Gasteiger charge is 1.99. The lowest BCUT2D eigenvalue weighted by Gasteiger charge is -2.09. The number of nitrogens with two attached hydrogens (primary N) is 1. The fourth-order valence-corrected chi connectivity index (χ4v) is 0.748. The van der Waals surface area contributed by atoms with Crippen molar-refractivity contribution in [2.24, 2.45) is 5.73 Å². The van der Waals surface area contributed by atoms with Crippen molar-refractivity contribution in [2.45, 2.75) is 13.3 Å². The zero-order chi connectivity index (χ0) is 13.8. The molecule has 0 aliphatic carbocycles. The molecule has 0 heterocycles. The largest absolute Gasteiger partial charge is 0.366 e. The van der Waals surface area contributed by atoms with E-state index in [1.807, 2.05) is 14.1 Å². The van der Waals surface area contributed by atoms with E-state index in [9.17, 15) is 9.59 Å². The molecule has 0 saturated carbocycles. The average molecular weight is 241 g/mol. The number of nitrogens with zero attached hydrogens (tertiary/aromatic N) is 1. The molecule has 0 radical (unpaired) electrons. The molecular weight excluding hydrogens is 218 g/mol. The standard InChI is InChI=1S/C9H18N2O.C3H5NO/c1-8(2)9(12)10-6-5-7-11(3)4;1-2-3(4)5/h1,5-7H2,2-4H3,(H,10,12);2H,1H2,(H2,4,5). The Balaban J connectivity index is 0. The van der Waals surface area contributed by atoms with Crippen LogP contribution in [0.2, 0.25) is 0 Å². The van der Waals surface area contributed by atoms with Gasteiger partial charge in [0, 0.05) is 12.1 Å². The van der Waals surface area contributed by atoms with Crippen LogP contribution in [0.25, 0.3) is 0 Å². The molecule has 0 spiro atoms. The predicted molar refractivity (Wildman–Crippen MR) is 70.4 cm³/mol. The minimum atomic E-state index is -0.481. The van der Waals surface area contributed by atoms with Gasteiger partial charge in [-0.3, -0.25) is 9.59 Å². The van der Waals surface area contributed by atoms with Gasteiger partial charge >= 0.3 is 0 Å². The molecule has 0 fully saturated rings. The Bertz CT molecular complexity index is 273. The quantitative estimate of drug-likeness (QED) is 0.518. The highest BCUT2D eigenvalue weighted by Crippen LogP contribution is 1.86. The third-order valence-corrected chi connectivity index (χ3v) is 1.66. The number of rotatable bonds is 6. The maximum absolute atomic E-state index is 11.0. The van der Waals surface area contributed by atoms with Crippen LogP contribution in [-0.2, 0) is 9.59 Å². The molecule has 0 atom stereocenters. The number of nitrogens with one attached hydrogen (secondary N) is 1. The number of hydrogen-bond donors (Lipinski definition) is 2. The average Bonchev–Trinajstić information content (AvgIpc) is 2.24. The van der Waals surface area contributed by atoms with Crippen LogP contribution in [0, 0.1) is 0 Å². The van der Waals surface area contributed by atoms with Gasteiger partial charge in [-0.1, -0.05) is 13.2 Å². The van der Waals surface area contributed by atoms with Gasteiger partial charge in [0.05, 0.1) is 0 Å². The number of carbonyl (C=O) groups is 2. The zero-order valence-electron chi connectivity index (χ0n) is 11.0. The maximum atomic E-state index is 11.0. The van der Waals surface area contributed by atoms with Crippen molar-refractivity contribution in [3.05, 3.63) is 24.8 Å². The summed E-state index contributed by atoms with van der Waals surface area (Å²) in [5, 5.41) is 2.77. The molecule has 3 N–H and O–H groups in total. The Hall–Kier alpha value is -1.62. The van der Waals surface area contributed by atoms with E-state index in [-0.39, 0.29) is 5.91 Å². The third kappa shape index (κ3) is 17.0.